The van der Waals surface area contributed by atoms with Gasteiger partial charge in [-0.1, -0.05) is 17.7 Å². The van der Waals surface area contributed by atoms with Gasteiger partial charge in [0.25, 0.3) is 5.91 Å². The lowest BCUT2D eigenvalue weighted by molar-refractivity contribution is -0.129. The molecule has 1 aromatic rings. The summed E-state index contributed by atoms with van der Waals surface area (Å²) in [6.07, 6.45) is 2.14. The lowest BCUT2D eigenvalue weighted by atomic mass is 10.2. The predicted molar refractivity (Wildman–Crippen MR) is 74.2 cm³/mol. The standard InChI is InChI=1S/C14H17ClN2O2/c1-10(18)17(13-5-6-13)8-7-16-14(19)11-3-2-4-12(15)9-11/h2-4,9,13H,5-8H2,1H3,(H,16,19). The number of nitrogens with one attached hydrogen (secondary N) is 1. The molecule has 1 fully saturated rings. The maximum absolute atomic E-state index is 11.9. The fourth-order valence-corrected chi connectivity index (χ4v) is 2.20. The summed E-state index contributed by atoms with van der Waals surface area (Å²) < 4.78 is 0. The van der Waals surface area contributed by atoms with E-state index in [0.29, 0.717) is 29.7 Å². The zero-order valence-electron chi connectivity index (χ0n) is 10.9. The second-order valence-corrected chi connectivity index (χ2v) is 5.15. The van der Waals surface area contributed by atoms with Gasteiger partial charge in [-0.05, 0) is 31.0 Å². The van der Waals surface area contributed by atoms with Gasteiger partial charge in [-0.3, -0.25) is 9.59 Å². The van der Waals surface area contributed by atoms with Gasteiger partial charge < -0.3 is 10.2 Å². The summed E-state index contributed by atoms with van der Waals surface area (Å²) in [5, 5.41) is 3.34. The molecule has 0 aliphatic heterocycles. The molecule has 5 heteroatoms. The zero-order chi connectivity index (χ0) is 13.8. The fraction of sp³-hybridized carbons (Fsp3) is 0.429. The molecule has 4 nitrogen and oxygen atoms in total. The number of nitrogens with zero attached hydrogens (tertiary/aromatic N) is 1. The van der Waals surface area contributed by atoms with E-state index in [2.05, 4.69) is 5.32 Å². The summed E-state index contributed by atoms with van der Waals surface area (Å²) in [5.41, 5.74) is 0.535. The first kappa shape index (κ1) is 13.9. The van der Waals surface area contributed by atoms with Crippen molar-refractivity contribution in [3.05, 3.63) is 34.9 Å². The van der Waals surface area contributed by atoms with Crippen molar-refractivity contribution in [1.29, 1.82) is 0 Å². The maximum atomic E-state index is 11.9. The molecule has 2 amide bonds. The van der Waals surface area contributed by atoms with Crippen LogP contribution in [0, 0.1) is 0 Å². The number of halogens is 1. The van der Waals surface area contributed by atoms with Crippen molar-refractivity contribution in [2.24, 2.45) is 0 Å². The van der Waals surface area contributed by atoms with Crippen LogP contribution in [0.3, 0.4) is 0 Å². The zero-order valence-corrected chi connectivity index (χ0v) is 11.6. The van der Waals surface area contributed by atoms with Gasteiger partial charge in [0, 0.05) is 36.6 Å². The van der Waals surface area contributed by atoms with Crippen molar-refractivity contribution in [2.75, 3.05) is 13.1 Å². The molecule has 0 heterocycles. The van der Waals surface area contributed by atoms with Crippen LogP contribution >= 0.6 is 11.6 Å². The Balaban J connectivity index is 1.82. The average molecular weight is 281 g/mol. The predicted octanol–water partition coefficient (Wildman–Crippen LogP) is 2.08. The minimum absolute atomic E-state index is 0.0690. The van der Waals surface area contributed by atoms with E-state index in [1.807, 2.05) is 4.90 Å². The van der Waals surface area contributed by atoms with Gasteiger partial charge in [0.15, 0.2) is 0 Å². The van der Waals surface area contributed by atoms with Crippen LogP contribution in [0.15, 0.2) is 24.3 Å². The number of rotatable bonds is 5. The van der Waals surface area contributed by atoms with Gasteiger partial charge in [0.05, 0.1) is 0 Å². The number of carbonyl (C=O) groups is 2. The molecule has 1 aromatic carbocycles. The van der Waals surface area contributed by atoms with Crippen molar-refractivity contribution in [3.8, 4) is 0 Å². The van der Waals surface area contributed by atoms with Crippen molar-refractivity contribution in [1.82, 2.24) is 10.2 Å². The van der Waals surface area contributed by atoms with E-state index < -0.39 is 0 Å². The second-order valence-electron chi connectivity index (χ2n) is 4.71. The Bertz CT molecular complexity index is 486. The Morgan fingerprint density at radius 1 is 1.42 bits per heavy atom. The first-order valence-corrected chi connectivity index (χ1v) is 6.76. The molecule has 0 radical (unpaired) electrons. The highest BCUT2D eigenvalue weighted by molar-refractivity contribution is 6.30. The van der Waals surface area contributed by atoms with Gasteiger partial charge in [0.1, 0.15) is 0 Å². The first-order valence-electron chi connectivity index (χ1n) is 6.39. The molecular weight excluding hydrogens is 264 g/mol. The quantitative estimate of drug-likeness (QED) is 0.898. The molecule has 1 N–H and O–H groups in total. The fourth-order valence-electron chi connectivity index (χ4n) is 2.01. The topological polar surface area (TPSA) is 49.4 Å². The van der Waals surface area contributed by atoms with Crippen LogP contribution in [0.25, 0.3) is 0 Å². The van der Waals surface area contributed by atoms with Crippen LogP contribution in [0.4, 0.5) is 0 Å². The third kappa shape index (κ3) is 3.96. The van der Waals surface area contributed by atoms with E-state index in [9.17, 15) is 9.59 Å². The second kappa shape index (κ2) is 6.06. The normalized spacial score (nSPS) is 14.0. The van der Waals surface area contributed by atoms with Gasteiger partial charge in [-0.25, -0.2) is 0 Å². The summed E-state index contributed by atoms with van der Waals surface area (Å²) >= 11 is 5.83. The van der Waals surface area contributed by atoms with E-state index >= 15 is 0 Å². The lowest BCUT2D eigenvalue weighted by Crippen LogP contribution is -2.38. The summed E-state index contributed by atoms with van der Waals surface area (Å²) in [6.45, 7) is 2.59. The first-order chi connectivity index (χ1) is 9.08. The summed E-state index contributed by atoms with van der Waals surface area (Å²) in [5.74, 6) is -0.0960. The number of hydrogen-bond acceptors (Lipinski definition) is 2. The van der Waals surface area contributed by atoms with Crippen molar-refractivity contribution < 1.29 is 9.59 Å². The van der Waals surface area contributed by atoms with Crippen LogP contribution < -0.4 is 5.32 Å². The smallest absolute Gasteiger partial charge is 0.251 e. The molecule has 0 aromatic heterocycles. The van der Waals surface area contributed by atoms with Gasteiger partial charge in [-0.15, -0.1) is 0 Å². The monoisotopic (exact) mass is 280 g/mol. The summed E-state index contributed by atoms with van der Waals surface area (Å²) in [6, 6.07) is 7.18. The number of amides is 2. The minimum atomic E-state index is -0.165. The van der Waals surface area contributed by atoms with E-state index in [-0.39, 0.29) is 11.8 Å². The molecule has 19 heavy (non-hydrogen) atoms. The summed E-state index contributed by atoms with van der Waals surface area (Å²) in [7, 11) is 0. The van der Waals surface area contributed by atoms with E-state index in [0.717, 1.165) is 12.8 Å². The maximum Gasteiger partial charge on any atom is 0.251 e. The number of carbonyl (C=O) groups excluding carboxylic acids is 2. The third-order valence-corrected chi connectivity index (χ3v) is 3.35. The molecule has 1 aliphatic rings. The number of hydrogen-bond donors (Lipinski definition) is 1. The van der Waals surface area contributed by atoms with Crippen LogP contribution in [0.1, 0.15) is 30.1 Å². The molecule has 0 atom stereocenters. The highest BCUT2D eigenvalue weighted by Crippen LogP contribution is 2.26. The largest absolute Gasteiger partial charge is 0.350 e. The van der Waals surface area contributed by atoms with Crippen LogP contribution in [-0.2, 0) is 4.79 Å². The van der Waals surface area contributed by atoms with Crippen molar-refractivity contribution in [3.63, 3.8) is 0 Å². The van der Waals surface area contributed by atoms with Crippen LogP contribution in [0.5, 0.6) is 0 Å². The molecular formula is C14H17ClN2O2. The van der Waals surface area contributed by atoms with Gasteiger partial charge in [0.2, 0.25) is 5.91 Å². The van der Waals surface area contributed by atoms with E-state index in [1.54, 1.807) is 31.2 Å². The molecule has 2 rings (SSSR count). The summed E-state index contributed by atoms with van der Waals surface area (Å²) in [4.78, 5) is 25.1. The Kier molecular flexibility index (Phi) is 4.43. The molecule has 102 valence electrons. The van der Waals surface area contributed by atoms with E-state index in [1.165, 1.54) is 0 Å². The van der Waals surface area contributed by atoms with Gasteiger partial charge >= 0.3 is 0 Å². The molecule has 0 bridgehead atoms. The molecule has 0 unspecified atom stereocenters. The average Bonchev–Trinajstić information content (AvgIpc) is 3.18. The van der Waals surface area contributed by atoms with Crippen LogP contribution in [0.2, 0.25) is 5.02 Å². The lowest BCUT2D eigenvalue weighted by Gasteiger charge is -2.20. The van der Waals surface area contributed by atoms with Crippen molar-refractivity contribution in [2.45, 2.75) is 25.8 Å². The Hall–Kier alpha value is -1.55. The molecule has 0 saturated heterocycles. The van der Waals surface area contributed by atoms with E-state index in [4.69, 9.17) is 11.6 Å². The van der Waals surface area contributed by atoms with Crippen LogP contribution in [-0.4, -0.2) is 35.8 Å². The molecule has 1 saturated carbocycles. The minimum Gasteiger partial charge on any atom is -0.350 e. The molecule has 1 aliphatic carbocycles. The number of benzene rings is 1. The SMILES string of the molecule is CC(=O)N(CCNC(=O)c1cccc(Cl)c1)C1CC1. The Labute approximate surface area is 117 Å². The van der Waals surface area contributed by atoms with Crippen molar-refractivity contribution >= 4 is 23.4 Å². The van der Waals surface area contributed by atoms with Gasteiger partial charge in [-0.2, -0.15) is 0 Å². The molecule has 0 spiro atoms. The Morgan fingerprint density at radius 3 is 2.74 bits per heavy atom. The third-order valence-electron chi connectivity index (χ3n) is 3.12. The Morgan fingerprint density at radius 2 is 2.16 bits per heavy atom. The highest BCUT2D eigenvalue weighted by Gasteiger charge is 2.30. The highest BCUT2D eigenvalue weighted by atomic mass is 35.5.